The summed E-state index contributed by atoms with van der Waals surface area (Å²) < 4.78 is 15.4. The third kappa shape index (κ3) is 10.2. The summed E-state index contributed by atoms with van der Waals surface area (Å²) in [5.41, 5.74) is -0.790. The summed E-state index contributed by atoms with van der Waals surface area (Å²) in [6, 6.07) is -1.18. The standard InChI is InChI=1S/C19H32ClNO6/c1-13(12-20)10-9-11-14(15(22)25-8)21(16(23)26-18(2,3)4)17(24)27-19(5,6)7/h10,14H,9,11-12H2,1-8H3. The first kappa shape index (κ1) is 25.2. The van der Waals surface area contributed by atoms with Crippen LogP contribution >= 0.6 is 11.6 Å². The molecule has 0 bridgehead atoms. The molecular formula is C19H32ClNO6. The highest BCUT2D eigenvalue weighted by molar-refractivity contribution is 6.19. The van der Waals surface area contributed by atoms with Crippen LogP contribution in [0.5, 0.6) is 0 Å². The first-order valence-corrected chi connectivity index (χ1v) is 9.30. The number of imide groups is 1. The van der Waals surface area contributed by atoms with Gasteiger partial charge in [-0.1, -0.05) is 11.6 Å². The highest BCUT2D eigenvalue weighted by Gasteiger charge is 2.40. The average molecular weight is 406 g/mol. The Morgan fingerprint density at radius 3 is 1.78 bits per heavy atom. The maximum Gasteiger partial charge on any atom is 0.420 e. The Bertz CT molecular complexity index is 532. The van der Waals surface area contributed by atoms with Crippen molar-refractivity contribution in [2.75, 3.05) is 13.0 Å². The Kier molecular flexibility index (Phi) is 9.86. The first-order valence-electron chi connectivity index (χ1n) is 8.76. The molecule has 0 aromatic heterocycles. The average Bonchev–Trinajstić information content (AvgIpc) is 2.49. The Labute approximate surface area is 167 Å². The molecular weight excluding hydrogens is 374 g/mol. The fraction of sp³-hybridized carbons (Fsp3) is 0.737. The second-order valence-electron chi connectivity index (χ2n) is 8.13. The zero-order valence-electron chi connectivity index (χ0n) is 17.6. The van der Waals surface area contributed by atoms with E-state index in [-0.39, 0.29) is 6.42 Å². The summed E-state index contributed by atoms with van der Waals surface area (Å²) >= 11 is 5.75. The van der Waals surface area contributed by atoms with Gasteiger partial charge in [0.25, 0.3) is 0 Å². The number of methoxy groups -OCH3 is 1. The van der Waals surface area contributed by atoms with E-state index in [1.165, 1.54) is 7.11 Å². The quantitative estimate of drug-likeness (QED) is 0.276. The van der Waals surface area contributed by atoms with Gasteiger partial charge in [-0.2, -0.15) is 4.90 Å². The molecule has 0 aromatic rings. The van der Waals surface area contributed by atoms with Crippen molar-refractivity contribution < 1.29 is 28.6 Å². The predicted octanol–water partition coefficient (Wildman–Crippen LogP) is 4.67. The third-order valence-electron chi connectivity index (χ3n) is 3.11. The molecule has 0 fully saturated rings. The minimum atomic E-state index is -1.18. The predicted molar refractivity (Wildman–Crippen MR) is 104 cm³/mol. The minimum absolute atomic E-state index is 0.152. The number of nitrogens with zero attached hydrogens (tertiary/aromatic N) is 1. The number of halogens is 1. The molecule has 0 N–H and O–H groups in total. The normalized spacial score (nSPS) is 13.6. The lowest BCUT2D eigenvalue weighted by Gasteiger charge is -2.32. The number of hydrogen-bond acceptors (Lipinski definition) is 6. The van der Waals surface area contributed by atoms with Crippen LogP contribution in [0.25, 0.3) is 0 Å². The van der Waals surface area contributed by atoms with Crippen LogP contribution in [0, 0.1) is 0 Å². The Balaban J connectivity index is 5.77. The van der Waals surface area contributed by atoms with Crippen LogP contribution < -0.4 is 0 Å². The van der Waals surface area contributed by atoms with Crippen molar-refractivity contribution in [3.05, 3.63) is 11.6 Å². The molecule has 0 saturated heterocycles. The number of esters is 1. The molecule has 156 valence electrons. The minimum Gasteiger partial charge on any atom is -0.467 e. The lowest BCUT2D eigenvalue weighted by Crippen LogP contribution is -2.52. The van der Waals surface area contributed by atoms with Gasteiger partial charge in [-0.15, -0.1) is 11.6 Å². The van der Waals surface area contributed by atoms with E-state index < -0.39 is 35.4 Å². The number of allylic oxidation sites excluding steroid dienone is 2. The summed E-state index contributed by atoms with van der Waals surface area (Å²) in [5.74, 6) is -0.381. The molecule has 1 atom stereocenters. The molecule has 7 nitrogen and oxygen atoms in total. The maximum absolute atomic E-state index is 12.7. The SMILES string of the molecule is COC(=O)C(CCC=C(C)CCl)N(C(=O)OC(C)(C)C)C(=O)OC(C)(C)C. The summed E-state index contributed by atoms with van der Waals surface area (Å²) in [5, 5.41) is 0. The number of amides is 2. The summed E-state index contributed by atoms with van der Waals surface area (Å²) in [6.45, 7) is 11.8. The summed E-state index contributed by atoms with van der Waals surface area (Å²) in [7, 11) is 1.19. The van der Waals surface area contributed by atoms with Gasteiger partial charge in [-0.05, 0) is 61.3 Å². The number of hydrogen-bond donors (Lipinski definition) is 0. The van der Waals surface area contributed by atoms with Crippen LogP contribution in [0.1, 0.15) is 61.3 Å². The number of ether oxygens (including phenoxy) is 3. The van der Waals surface area contributed by atoms with Crippen molar-refractivity contribution >= 4 is 29.8 Å². The molecule has 0 saturated carbocycles. The largest absolute Gasteiger partial charge is 0.467 e. The molecule has 27 heavy (non-hydrogen) atoms. The zero-order valence-corrected chi connectivity index (χ0v) is 18.3. The van der Waals surface area contributed by atoms with Gasteiger partial charge in [0, 0.05) is 5.88 Å². The van der Waals surface area contributed by atoms with Crippen LogP contribution in [0.4, 0.5) is 9.59 Å². The molecule has 8 heteroatoms. The number of carbonyl (C=O) groups excluding carboxylic acids is 3. The molecule has 0 aliphatic rings. The lowest BCUT2D eigenvalue weighted by molar-refractivity contribution is -0.146. The van der Waals surface area contributed by atoms with Crippen LogP contribution in [0.2, 0.25) is 0 Å². The molecule has 0 radical (unpaired) electrons. The highest BCUT2D eigenvalue weighted by atomic mass is 35.5. The van der Waals surface area contributed by atoms with E-state index in [1.54, 1.807) is 41.5 Å². The van der Waals surface area contributed by atoms with Gasteiger partial charge < -0.3 is 14.2 Å². The van der Waals surface area contributed by atoms with E-state index in [0.717, 1.165) is 5.57 Å². The van der Waals surface area contributed by atoms with Crippen molar-refractivity contribution in [1.82, 2.24) is 4.90 Å². The van der Waals surface area contributed by atoms with Crippen molar-refractivity contribution in [3.8, 4) is 0 Å². The van der Waals surface area contributed by atoms with Gasteiger partial charge >= 0.3 is 18.2 Å². The smallest absolute Gasteiger partial charge is 0.420 e. The fourth-order valence-corrected chi connectivity index (χ4v) is 2.09. The van der Waals surface area contributed by atoms with E-state index in [9.17, 15) is 14.4 Å². The monoisotopic (exact) mass is 405 g/mol. The molecule has 0 aliphatic carbocycles. The first-order chi connectivity index (χ1) is 12.2. The van der Waals surface area contributed by atoms with Crippen molar-refractivity contribution in [2.45, 2.75) is 78.6 Å². The fourth-order valence-electron chi connectivity index (χ4n) is 1.98. The van der Waals surface area contributed by atoms with Crippen LogP contribution in [-0.2, 0) is 19.0 Å². The second kappa shape index (κ2) is 10.5. The zero-order chi connectivity index (χ0) is 21.4. The van der Waals surface area contributed by atoms with Gasteiger partial charge in [0.05, 0.1) is 7.11 Å². The molecule has 0 aromatic carbocycles. The van der Waals surface area contributed by atoms with E-state index in [1.807, 2.05) is 13.0 Å². The van der Waals surface area contributed by atoms with E-state index in [4.69, 9.17) is 25.8 Å². The van der Waals surface area contributed by atoms with Crippen LogP contribution in [0.3, 0.4) is 0 Å². The van der Waals surface area contributed by atoms with Gasteiger partial charge in [0.1, 0.15) is 17.2 Å². The number of alkyl halides is 1. The Morgan fingerprint density at radius 2 is 1.44 bits per heavy atom. The van der Waals surface area contributed by atoms with Crippen molar-refractivity contribution in [3.63, 3.8) is 0 Å². The van der Waals surface area contributed by atoms with Crippen molar-refractivity contribution in [1.29, 1.82) is 0 Å². The third-order valence-corrected chi connectivity index (χ3v) is 3.53. The van der Waals surface area contributed by atoms with Gasteiger partial charge in [0.15, 0.2) is 0 Å². The van der Waals surface area contributed by atoms with E-state index in [2.05, 4.69) is 0 Å². The second-order valence-corrected chi connectivity index (χ2v) is 8.40. The molecule has 1 unspecified atom stereocenters. The van der Waals surface area contributed by atoms with Gasteiger partial charge in [-0.3, -0.25) is 0 Å². The molecule has 2 amide bonds. The Hall–Kier alpha value is -1.76. The van der Waals surface area contributed by atoms with Gasteiger partial charge in [-0.25, -0.2) is 14.4 Å². The molecule has 0 rings (SSSR count). The molecule has 0 heterocycles. The topological polar surface area (TPSA) is 82.1 Å². The molecule has 0 aliphatic heterocycles. The lowest BCUT2D eigenvalue weighted by atomic mass is 10.1. The highest BCUT2D eigenvalue weighted by Crippen LogP contribution is 2.20. The maximum atomic E-state index is 12.7. The number of carbonyl (C=O) groups is 3. The van der Waals surface area contributed by atoms with Gasteiger partial charge in [0.2, 0.25) is 0 Å². The van der Waals surface area contributed by atoms with Crippen LogP contribution in [-0.4, -0.2) is 53.3 Å². The Morgan fingerprint density at radius 1 is 1.00 bits per heavy atom. The van der Waals surface area contributed by atoms with Crippen molar-refractivity contribution in [2.24, 2.45) is 0 Å². The van der Waals surface area contributed by atoms with E-state index in [0.29, 0.717) is 17.2 Å². The van der Waals surface area contributed by atoms with E-state index >= 15 is 0 Å². The number of rotatable bonds is 6. The van der Waals surface area contributed by atoms with Crippen LogP contribution in [0.15, 0.2) is 11.6 Å². The molecule has 0 spiro atoms. The summed E-state index contributed by atoms with van der Waals surface area (Å²) in [6.07, 6.45) is 0.473. The summed E-state index contributed by atoms with van der Waals surface area (Å²) in [4.78, 5) is 38.3.